The number of ether oxygens (including phenoxy) is 1. The maximum atomic E-state index is 6.31. The summed E-state index contributed by atoms with van der Waals surface area (Å²) in [6.07, 6.45) is 4.57. The van der Waals surface area contributed by atoms with Gasteiger partial charge in [0.15, 0.2) is 5.16 Å². The Morgan fingerprint density at radius 1 is 1.50 bits per heavy atom. The maximum absolute atomic E-state index is 6.31. The summed E-state index contributed by atoms with van der Waals surface area (Å²) in [6, 6.07) is 6.18. The molecule has 1 aliphatic rings. The average molecular weight is 261 g/mol. The summed E-state index contributed by atoms with van der Waals surface area (Å²) in [6.45, 7) is 0. The minimum Gasteiger partial charge on any atom is -0.497 e. The highest BCUT2D eigenvalue weighted by atomic mass is 32.2. The van der Waals surface area contributed by atoms with E-state index in [-0.39, 0.29) is 6.04 Å². The second kappa shape index (κ2) is 4.66. The van der Waals surface area contributed by atoms with Crippen LogP contribution in [0, 0.1) is 0 Å². The smallest absolute Gasteiger partial charge is 0.165 e. The normalized spacial score (nSPS) is 21.9. The van der Waals surface area contributed by atoms with Crippen molar-refractivity contribution in [3.05, 3.63) is 41.7 Å². The number of imidazole rings is 1. The van der Waals surface area contributed by atoms with Crippen LogP contribution < -0.4 is 10.5 Å². The van der Waals surface area contributed by atoms with Crippen LogP contribution >= 0.6 is 11.8 Å². The van der Waals surface area contributed by atoms with Gasteiger partial charge in [-0.25, -0.2) is 4.98 Å². The van der Waals surface area contributed by atoms with Crippen LogP contribution in [0.2, 0.25) is 0 Å². The first-order chi connectivity index (χ1) is 8.78. The Balaban J connectivity index is 1.82. The zero-order valence-electron chi connectivity index (χ0n) is 10.1. The second-order valence-electron chi connectivity index (χ2n) is 4.35. The summed E-state index contributed by atoms with van der Waals surface area (Å²) in [7, 11) is 1.68. The largest absolute Gasteiger partial charge is 0.497 e. The van der Waals surface area contributed by atoms with E-state index in [0.29, 0.717) is 5.25 Å². The van der Waals surface area contributed by atoms with Gasteiger partial charge < -0.3 is 15.5 Å². The molecule has 1 heterocycles. The number of nitrogens with one attached hydrogen (secondary N) is 1. The number of nitrogens with zero attached hydrogens (tertiary/aromatic N) is 1. The van der Waals surface area contributed by atoms with Crippen LogP contribution in [-0.4, -0.2) is 22.3 Å². The molecule has 0 saturated carbocycles. The predicted molar refractivity (Wildman–Crippen MR) is 71.9 cm³/mol. The van der Waals surface area contributed by atoms with E-state index in [2.05, 4.69) is 16.0 Å². The molecule has 0 saturated heterocycles. The Kier molecular flexibility index (Phi) is 3.01. The molecule has 0 radical (unpaired) electrons. The van der Waals surface area contributed by atoms with Crippen molar-refractivity contribution in [2.75, 3.05) is 7.11 Å². The van der Waals surface area contributed by atoms with Gasteiger partial charge in [-0.05, 0) is 29.7 Å². The number of H-pyrrole nitrogens is 1. The van der Waals surface area contributed by atoms with E-state index in [1.165, 1.54) is 11.1 Å². The fourth-order valence-electron chi connectivity index (χ4n) is 2.31. The van der Waals surface area contributed by atoms with Crippen molar-refractivity contribution in [3.63, 3.8) is 0 Å². The molecule has 94 valence electrons. The van der Waals surface area contributed by atoms with Gasteiger partial charge in [0.2, 0.25) is 0 Å². The van der Waals surface area contributed by atoms with E-state index in [1.807, 2.05) is 18.3 Å². The van der Waals surface area contributed by atoms with Crippen LogP contribution in [0.15, 0.2) is 35.7 Å². The predicted octanol–water partition coefficient (Wildman–Crippen LogP) is 2.14. The second-order valence-corrected chi connectivity index (χ2v) is 5.57. The van der Waals surface area contributed by atoms with Crippen LogP contribution in [0.4, 0.5) is 0 Å². The molecule has 1 aliphatic carbocycles. The van der Waals surface area contributed by atoms with Crippen LogP contribution in [0.3, 0.4) is 0 Å². The van der Waals surface area contributed by atoms with Crippen molar-refractivity contribution in [1.82, 2.24) is 9.97 Å². The minimum atomic E-state index is 0.0326. The third-order valence-electron chi connectivity index (χ3n) is 3.27. The van der Waals surface area contributed by atoms with E-state index in [4.69, 9.17) is 10.5 Å². The molecule has 0 fully saturated rings. The van der Waals surface area contributed by atoms with Crippen molar-refractivity contribution in [1.29, 1.82) is 0 Å². The van der Waals surface area contributed by atoms with Crippen LogP contribution in [0.25, 0.3) is 0 Å². The Hall–Kier alpha value is -1.46. The van der Waals surface area contributed by atoms with Gasteiger partial charge in [0.25, 0.3) is 0 Å². The van der Waals surface area contributed by atoms with Crippen LogP contribution in [0.1, 0.15) is 17.2 Å². The van der Waals surface area contributed by atoms with Crippen molar-refractivity contribution >= 4 is 11.8 Å². The van der Waals surface area contributed by atoms with E-state index in [9.17, 15) is 0 Å². The Labute approximate surface area is 110 Å². The monoisotopic (exact) mass is 261 g/mol. The zero-order chi connectivity index (χ0) is 12.5. The van der Waals surface area contributed by atoms with E-state index in [0.717, 1.165) is 17.3 Å². The van der Waals surface area contributed by atoms with Crippen molar-refractivity contribution in [2.24, 2.45) is 5.73 Å². The average Bonchev–Trinajstić information content (AvgIpc) is 2.99. The van der Waals surface area contributed by atoms with Crippen LogP contribution in [-0.2, 0) is 6.42 Å². The highest BCUT2D eigenvalue weighted by molar-refractivity contribution is 7.99. The molecular formula is C13H15N3OS. The molecule has 4 nitrogen and oxygen atoms in total. The molecule has 0 aliphatic heterocycles. The highest BCUT2D eigenvalue weighted by Crippen LogP contribution is 2.40. The number of rotatable bonds is 3. The van der Waals surface area contributed by atoms with E-state index < -0.39 is 0 Å². The minimum absolute atomic E-state index is 0.0326. The molecule has 0 amide bonds. The molecule has 2 unspecified atom stereocenters. The number of methoxy groups -OCH3 is 1. The fourth-order valence-corrected chi connectivity index (χ4v) is 3.41. The van der Waals surface area contributed by atoms with Crippen molar-refractivity contribution in [2.45, 2.75) is 22.9 Å². The molecule has 1 aromatic carbocycles. The lowest BCUT2D eigenvalue weighted by molar-refractivity contribution is 0.414. The quantitative estimate of drug-likeness (QED) is 0.888. The maximum Gasteiger partial charge on any atom is 0.165 e. The summed E-state index contributed by atoms with van der Waals surface area (Å²) >= 11 is 1.70. The molecular weight excluding hydrogens is 246 g/mol. The summed E-state index contributed by atoms with van der Waals surface area (Å²) in [5.41, 5.74) is 8.82. The first-order valence-corrected chi connectivity index (χ1v) is 6.74. The van der Waals surface area contributed by atoms with E-state index in [1.54, 1.807) is 25.1 Å². The van der Waals surface area contributed by atoms with Crippen molar-refractivity contribution in [3.8, 4) is 5.75 Å². The van der Waals surface area contributed by atoms with Gasteiger partial charge in [0.1, 0.15) is 5.75 Å². The number of hydrogen-bond acceptors (Lipinski definition) is 4. The summed E-state index contributed by atoms with van der Waals surface area (Å²) in [5, 5.41) is 1.26. The van der Waals surface area contributed by atoms with Gasteiger partial charge in [-0.2, -0.15) is 0 Å². The fraction of sp³-hybridized carbons (Fsp3) is 0.308. The Morgan fingerprint density at radius 2 is 2.39 bits per heavy atom. The summed E-state index contributed by atoms with van der Waals surface area (Å²) < 4.78 is 5.25. The summed E-state index contributed by atoms with van der Waals surface area (Å²) in [5.74, 6) is 0.868. The molecule has 3 rings (SSSR count). The lowest BCUT2D eigenvalue weighted by Crippen LogP contribution is -2.19. The number of nitrogens with two attached hydrogens (primary N) is 1. The first-order valence-electron chi connectivity index (χ1n) is 5.86. The zero-order valence-corrected chi connectivity index (χ0v) is 10.9. The standard InChI is InChI=1S/C13H15N3OS/c1-17-9-3-2-8-6-11(12(14)10(8)7-9)18-13-15-4-5-16-13/h2-5,7,11-12H,6,14H2,1H3,(H,15,16). The first kappa shape index (κ1) is 11.6. The lowest BCUT2D eigenvalue weighted by atomic mass is 10.1. The number of fused-ring (bicyclic) bond motifs is 1. The van der Waals surface area contributed by atoms with Gasteiger partial charge in [-0.1, -0.05) is 17.8 Å². The third-order valence-corrected chi connectivity index (χ3v) is 4.48. The highest BCUT2D eigenvalue weighted by Gasteiger charge is 2.31. The van der Waals surface area contributed by atoms with Gasteiger partial charge >= 0.3 is 0 Å². The number of thioether (sulfide) groups is 1. The van der Waals surface area contributed by atoms with Gasteiger partial charge in [0, 0.05) is 23.7 Å². The number of benzene rings is 1. The Bertz CT molecular complexity index is 541. The topological polar surface area (TPSA) is 63.9 Å². The van der Waals surface area contributed by atoms with Crippen molar-refractivity contribution < 1.29 is 4.74 Å². The van der Waals surface area contributed by atoms with Gasteiger partial charge in [-0.15, -0.1) is 0 Å². The SMILES string of the molecule is COc1ccc2c(c1)C(N)C(Sc1ncc[nH]1)C2. The molecule has 3 N–H and O–H groups in total. The molecule has 2 atom stereocenters. The molecule has 18 heavy (non-hydrogen) atoms. The number of hydrogen-bond donors (Lipinski definition) is 2. The van der Waals surface area contributed by atoms with E-state index >= 15 is 0 Å². The van der Waals surface area contributed by atoms with Gasteiger partial charge in [0.05, 0.1) is 7.11 Å². The number of aromatic amines is 1. The van der Waals surface area contributed by atoms with Crippen LogP contribution in [0.5, 0.6) is 5.75 Å². The lowest BCUT2D eigenvalue weighted by Gasteiger charge is -2.14. The molecule has 2 aromatic rings. The Morgan fingerprint density at radius 3 is 3.11 bits per heavy atom. The molecule has 5 heteroatoms. The summed E-state index contributed by atoms with van der Waals surface area (Å²) in [4.78, 5) is 7.34. The molecule has 0 bridgehead atoms. The van der Waals surface area contributed by atoms with Gasteiger partial charge in [-0.3, -0.25) is 0 Å². The third kappa shape index (κ3) is 2.00. The molecule has 1 aromatic heterocycles. The number of aromatic nitrogens is 2. The molecule has 0 spiro atoms.